The minimum Gasteiger partial charge on any atom is -0.384 e. The van der Waals surface area contributed by atoms with Crippen LogP contribution in [0.15, 0.2) is 11.4 Å². The topological polar surface area (TPSA) is 67.8 Å². The Labute approximate surface area is 115 Å². The van der Waals surface area contributed by atoms with Crippen molar-refractivity contribution in [3.05, 3.63) is 21.9 Å². The molecule has 5 nitrogen and oxygen atoms in total. The van der Waals surface area contributed by atoms with E-state index >= 15 is 0 Å². The first-order valence-electron chi connectivity index (χ1n) is 5.96. The molecular weight excluding hydrogens is 266 g/mol. The van der Waals surface area contributed by atoms with Crippen LogP contribution in [0, 0.1) is 11.8 Å². The lowest BCUT2D eigenvalue weighted by molar-refractivity contribution is -0.0855. The van der Waals surface area contributed by atoms with Gasteiger partial charge in [-0.2, -0.15) is 0 Å². The Balaban J connectivity index is 1.90. The highest BCUT2D eigenvalue weighted by atomic mass is 32.1. The van der Waals surface area contributed by atoms with Crippen LogP contribution < -0.4 is 5.32 Å². The summed E-state index contributed by atoms with van der Waals surface area (Å²) in [5, 5.41) is 13.3. The van der Waals surface area contributed by atoms with Gasteiger partial charge in [0.1, 0.15) is 11.5 Å². The van der Waals surface area contributed by atoms with Crippen LogP contribution in [-0.4, -0.2) is 50.1 Å². The third-order valence-electron chi connectivity index (χ3n) is 2.55. The summed E-state index contributed by atoms with van der Waals surface area (Å²) in [6.07, 6.45) is -0.0929. The van der Waals surface area contributed by atoms with E-state index in [9.17, 15) is 4.79 Å². The van der Waals surface area contributed by atoms with Gasteiger partial charge in [-0.05, 0) is 11.4 Å². The van der Waals surface area contributed by atoms with E-state index in [0.29, 0.717) is 36.8 Å². The van der Waals surface area contributed by atoms with Crippen molar-refractivity contribution in [2.24, 2.45) is 0 Å². The number of thiophene rings is 1. The number of carbonyl (C=O) groups is 1. The zero-order valence-corrected chi connectivity index (χ0v) is 11.2. The molecule has 1 fully saturated rings. The highest BCUT2D eigenvalue weighted by molar-refractivity contribution is 7.12. The van der Waals surface area contributed by atoms with Crippen LogP contribution in [0.3, 0.4) is 0 Å². The van der Waals surface area contributed by atoms with Gasteiger partial charge in [-0.25, -0.2) is 0 Å². The van der Waals surface area contributed by atoms with Crippen molar-refractivity contribution in [1.82, 2.24) is 5.32 Å². The van der Waals surface area contributed by atoms with Gasteiger partial charge in [0.15, 0.2) is 0 Å². The van der Waals surface area contributed by atoms with Crippen molar-refractivity contribution in [3.8, 4) is 11.8 Å². The summed E-state index contributed by atoms with van der Waals surface area (Å²) in [6, 6.07) is 1.77. The van der Waals surface area contributed by atoms with E-state index in [1.54, 1.807) is 11.4 Å². The van der Waals surface area contributed by atoms with Crippen LogP contribution in [0.1, 0.15) is 15.2 Å². The molecule has 0 spiro atoms. The third-order valence-corrected chi connectivity index (χ3v) is 3.46. The number of nitrogens with one attached hydrogen (secondary N) is 1. The first-order chi connectivity index (χ1) is 9.31. The minimum absolute atomic E-state index is 0.0929. The molecule has 1 unspecified atom stereocenters. The lowest BCUT2D eigenvalue weighted by Crippen LogP contribution is -2.39. The fraction of sp³-hybridized carbons (Fsp3) is 0.462. The average Bonchev–Trinajstić information content (AvgIpc) is 2.92. The number of hydrogen-bond donors (Lipinski definition) is 2. The fourth-order valence-corrected chi connectivity index (χ4v) is 2.43. The maximum absolute atomic E-state index is 12.0. The number of rotatable bonds is 3. The molecule has 6 heteroatoms. The van der Waals surface area contributed by atoms with Crippen LogP contribution in [0.5, 0.6) is 0 Å². The molecule has 1 aromatic heterocycles. The largest absolute Gasteiger partial charge is 0.384 e. The molecule has 0 radical (unpaired) electrons. The van der Waals surface area contributed by atoms with E-state index in [4.69, 9.17) is 14.6 Å². The number of aliphatic hydroxyl groups excluding tert-OH is 1. The Morgan fingerprint density at radius 1 is 1.58 bits per heavy atom. The van der Waals surface area contributed by atoms with Crippen molar-refractivity contribution in [2.75, 3.05) is 33.0 Å². The molecule has 1 saturated heterocycles. The normalized spacial score (nSPS) is 18.5. The number of amides is 1. The van der Waals surface area contributed by atoms with Crippen molar-refractivity contribution in [3.63, 3.8) is 0 Å². The Kier molecular flexibility index (Phi) is 5.36. The predicted molar refractivity (Wildman–Crippen MR) is 71.2 cm³/mol. The van der Waals surface area contributed by atoms with Crippen molar-refractivity contribution in [2.45, 2.75) is 6.10 Å². The highest BCUT2D eigenvalue weighted by Crippen LogP contribution is 2.15. The monoisotopic (exact) mass is 281 g/mol. The summed E-state index contributed by atoms with van der Waals surface area (Å²) in [7, 11) is 0. The first kappa shape index (κ1) is 14.0. The summed E-state index contributed by atoms with van der Waals surface area (Å²) < 4.78 is 10.7. The van der Waals surface area contributed by atoms with Gasteiger partial charge in [-0.15, -0.1) is 11.3 Å². The van der Waals surface area contributed by atoms with Gasteiger partial charge in [-0.3, -0.25) is 4.79 Å². The Morgan fingerprint density at radius 3 is 3.21 bits per heavy atom. The molecule has 0 aliphatic carbocycles. The molecule has 0 aromatic carbocycles. The second-order valence-electron chi connectivity index (χ2n) is 3.90. The van der Waals surface area contributed by atoms with E-state index < -0.39 is 0 Å². The van der Waals surface area contributed by atoms with Gasteiger partial charge in [0.2, 0.25) is 0 Å². The number of hydrogen-bond acceptors (Lipinski definition) is 5. The summed E-state index contributed by atoms with van der Waals surface area (Å²) in [5.41, 5.74) is 0.636. The predicted octanol–water partition coefficient (Wildman–Crippen LogP) is 0.237. The lowest BCUT2D eigenvalue weighted by atomic mass is 10.2. The SMILES string of the molecule is O=C(NCC1COCCO1)c1sccc1C#CCO. The Hall–Kier alpha value is -1.39. The number of aliphatic hydroxyl groups is 1. The Morgan fingerprint density at radius 2 is 2.47 bits per heavy atom. The molecule has 1 amide bonds. The second kappa shape index (κ2) is 7.26. The van der Waals surface area contributed by atoms with Crippen LogP contribution in [0.4, 0.5) is 0 Å². The van der Waals surface area contributed by atoms with Gasteiger partial charge >= 0.3 is 0 Å². The molecular formula is C13H15NO4S. The quantitative estimate of drug-likeness (QED) is 0.779. The van der Waals surface area contributed by atoms with E-state index in [1.165, 1.54) is 11.3 Å². The lowest BCUT2D eigenvalue weighted by Gasteiger charge is -2.22. The third kappa shape index (κ3) is 4.04. The Bertz CT molecular complexity index is 482. The molecule has 1 aliphatic heterocycles. The summed E-state index contributed by atoms with van der Waals surface area (Å²) in [6.45, 7) is 1.87. The van der Waals surface area contributed by atoms with Gasteiger partial charge < -0.3 is 19.9 Å². The van der Waals surface area contributed by atoms with Gasteiger partial charge in [-0.1, -0.05) is 11.8 Å². The summed E-state index contributed by atoms with van der Waals surface area (Å²) in [5.74, 6) is 5.12. The molecule has 0 saturated carbocycles. The smallest absolute Gasteiger partial charge is 0.262 e. The van der Waals surface area contributed by atoms with Gasteiger partial charge in [0.05, 0.1) is 25.9 Å². The van der Waals surface area contributed by atoms with Crippen LogP contribution in [0.25, 0.3) is 0 Å². The molecule has 2 heterocycles. The van der Waals surface area contributed by atoms with Crippen molar-refractivity contribution < 1.29 is 19.4 Å². The van der Waals surface area contributed by atoms with Gasteiger partial charge in [0.25, 0.3) is 5.91 Å². The zero-order chi connectivity index (χ0) is 13.5. The van der Waals surface area contributed by atoms with E-state index in [1.807, 2.05) is 0 Å². The van der Waals surface area contributed by atoms with E-state index in [2.05, 4.69) is 17.2 Å². The summed E-state index contributed by atoms with van der Waals surface area (Å²) in [4.78, 5) is 12.6. The average molecular weight is 281 g/mol. The highest BCUT2D eigenvalue weighted by Gasteiger charge is 2.17. The van der Waals surface area contributed by atoms with Gasteiger partial charge in [0, 0.05) is 12.1 Å². The van der Waals surface area contributed by atoms with Crippen LogP contribution >= 0.6 is 11.3 Å². The molecule has 1 aliphatic rings. The zero-order valence-electron chi connectivity index (χ0n) is 10.3. The minimum atomic E-state index is -0.218. The molecule has 1 atom stereocenters. The van der Waals surface area contributed by atoms with E-state index in [-0.39, 0.29) is 18.6 Å². The van der Waals surface area contributed by atoms with Crippen LogP contribution in [-0.2, 0) is 9.47 Å². The van der Waals surface area contributed by atoms with Crippen LogP contribution in [0.2, 0.25) is 0 Å². The number of ether oxygens (including phenoxy) is 2. The maximum Gasteiger partial charge on any atom is 0.262 e. The summed E-state index contributed by atoms with van der Waals surface area (Å²) >= 11 is 1.33. The standard InChI is InChI=1S/C13H15NO4S/c15-4-1-2-10-3-7-19-12(10)13(16)14-8-11-9-17-5-6-18-11/h3,7,11,15H,4-6,8-9H2,(H,14,16). The molecule has 102 valence electrons. The van der Waals surface area contributed by atoms with Crippen molar-refractivity contribution in [1.29, 1.82) is 0 Å². The van der Waals surface area contributed by atoms with Crippen molar-refractivity contribution >= 4 is 17.2 Å². The van der Waals surface area contributed by atoms with E-state index in [0.717, 1.165) is 0 Å². The molecule has 2 rings (SSSR count). The molecule has 19 heavy (non-hydrogen) atoms. The molecule has 1 aromatic rings. The first-order valence-corrected chi connectivity index (χ1v) is 6.84. The number of carbonyl (C=O) groups excluding carboxylic acids is 1. The molecule has 0 bridgehead atoms. The maximum atomic E-state index is 12.0. The second-order valence-corrected chi connectivity index (χ2v) is 4.82. The molecule has 2 N–H and O–H groups in total. The fourth-order valence-electron chi connectivity index (χ4n) is 1.66.